The van der Waals surface area contributed by atoms with Gasteiger partial charge in [-0.1, -0.05) is 25.0 Å². The Morgan fingerprint density at radius 3 is 1.49 bits per heavy atom. The van der Waals surface area contributed by atoms with Gasteiger partial charge in [-0.3, -0.25) is 24.2 Å². The molecule has 312 valence electrons. The highest BCUT2D eigenvalue weighted by atomic mass is 32.1. The third-order valence-electron chi connectivity index (χ3n) is 9.58. The number of hydrogen-bond acceptors (Lipinski definition) is 9. The quantitative estimate of drug-likeness (QED) is 0.209. The number of aliphatic carboxylic acids is 1. The first-order valence-corrected chi connectivity index (χ1v) is 17.8. The molecule has 55 heavy (non-hydrogen) atoms. The Morgan fingerprint density at radius 1 is 0.709 bits per heavy atom. The average molecular weight is 823 g/mol. The number of hydrogen-bond donors (Lipinski definition) is 3. The monoisotopic (exact) mass is 822 g/mol. The molecule has 4 N–H and O–H groups in total. The van der Waals surface area contributed by atoms with Crippen molar-refractivity contribution in [3.63, 3.8) is 0 Å². The number of likely N-dealkylation sites (tertiary alicyclic amines) is 2. The minimum Gasteiger partial charge on any atom is -0.480 e. The number of halogens is 4. The van der Waals surface area contributed by atoms with Gasteiger partial charge in [0.25, 0.3) is 0 Å². The topological polar surface area (TPSA) is 151 Å². The summed E-state index contributed by atoms with van der Waals surface area (Å²) in [6.07, 6.45) is 6.86. The lowest BCUT2D eigenvalue weighted by molar-refractivity contribution is -0.145. The molecular weight excluding hydrogens is 765 g/mol. The van der Waals surface area contributed by atoms with Gasteiger partial charge in [-0.05, 0) is 95.2 Å². The van der Waals surface area contributed by atoms with Gasteiger partial charge in [0.1, 0.15) is 12.1 Å². The van der Waals surface area contributed by atoms with Gasteiger partial charge in [0.05, 0.1) is 27.3 Å². The van der Waals surface area contributed by atoms with Crippen LogP contribution in [0, 0.1) is 23.3 Å². The molecular formula is C38H58F4N4O7S2. The number of esters is 2. The van der Waals surface area contributed by atoms with Gasteiger partial charge in [-0.2, -0.15) is 27.0 Å². The zero-order valence-electron chi connectivity index (χ0n) is 32.4. The Labute approximate surface area is 335 Å². The fraction of sp³-hybridized carbons (Fsp3) is 0.579. The lowest BCUT2D eigenvalue weighted by Gasteiger charge is -2.38. The Hall–Kier alpha value is -3.38. The molecule has 17 heteroatoms. The highest BCUT2D eigenvalue weighted by molar-refractivity contribution is 7.59. The number of benzene rings is 2. The Bertz CT molecular complexity index is 1510. The van der Waals surface area contributed by atoms with Gasteiger partial charge >= 0.3 is 17.9 Å². The van der Waals surface area contributed by atoms with Gasteiger partial charge in [0, 0.05) is 30.6 Å². The Morgan fingerprint density at radius 2 is 1.11 bits per heavy atom. The van der Waals surface area contributed by atoms with E-state index in [4.69, 9.17) is 15.6 Å². The standard InChI is InChI=1S/C19H26F2N2O3.C10H11F2NO2.C9H17NO2.2H2S/c1-12-5-4-6-13(2)23(12)11-18(24)22-17(19(25)26-3)10-14-7-8-15(20)16(21)9-14;1-15-10(14)9(13)5-6-2-3-7(11)8(12)4-6;1-7-4-3-5-8(2)10(7)6-9(11)12;;/h7-9,12-13,17H,4-6,10-11H2,1-3H3,(H,22,24);2-4,9H,5,13H2,1H3;7-8H,3-6H2,1-2H3,(H,11,12);2*1H2/t12-,13+,17-;9-;7-,8+;;/m00.../s1. The highest BCUT2D eigenvalue weighted by Gasteiger charge is 2.29. The summed E-state index contributed by atoms with van der Waals surface area (Å²) in [6, 6.07) is 6.44. The zero-order chi connectivity index (χ0) is 39.8. The van der Waals surface area contributed by atoms with Crippen LogP contribution in [-0.2, 0) is 41.5 Å². The van der Waals surface area contributed by atoms with Crippen molar-refractivity contribution in [3.8, 4) is 0 Å². The number of ether oxygens (including phenoxy) is 2. The fourth-order valence-electron chi connectivity index (χ4n) is 6.53. The van der Waals surface area contributed by atoms with Gasteiger partial charge in [0.15, 0.2) is 23.3 Å². The molecule has 0 aromatic heterocycles. The van der Waals surface area contributed by atoms with Crippen LogP contribution in [0.2, 0.25) is 0 Å². The van der Waals surface area contributed by atoms with Gasteiger partial charge in [-0.15, -0.1) is 0 Å². The molecule has 2 aliphatic rings. The molecule has 0 unspecified atom stereocenters. The highest BCUT2D eigenvalue weighted by Crippen LogP contribution is 2.23. The minimum atomic E-state index is -0.992. The van der Waals surface area contributed by atoms with E-state index in [1.807, 2.05) is 0 Å². The van der Waals surface area contributed by atoms with E-state index in [-0.39, 0.29) is 58.8 Å². The molecule has 2 fully saturated rings. The number of carbonyl (C=O) groups is 4. The summed E-state index contributed by atoms with van der Waals surface area (Å²) in [5, 5.41) is 11.3. The summed E-state index contributed by atoms with van der Waals surface area (Å²) in [7, 11) is 2.44. The SMILES string of the molecule is COC(=O)[C@@H](N)Cc1ccc(F)c(F)c1.COC(=O)[C@H](Cc1ccc(F)c(F)c1)NC(=O)CN1[C@H](C)CCC[C@@H]1C.C[C@@H]1CCC[C@H](C)N1CC(=O)O.S.S. The van der Waals surface area contributed by atoms with Gasteiger partial charge in [-0.25, -0.2) is 22.4 Å². The van der Waals surface area contributed by atoms with E-state index < -0.39 is 53.3 Å². The summed E-state index contributed by atoms with van der Waals surface area (Å²) in [5.74, 6) is -6.04. The maximum atomic E-state index is 13.4. The van der Waals surface area contributed by atoms with Crippen molar-refractivity contribution in [2.75, 3.05) is 27.3 Å². The normalized spacial score (nSPS) is 20.6. The molecule has 0 bridgehead atoms. The van der Waals surface area contributed by atoms with E-state index in [1.54, 1.807) is 0 Å². The molecule has 0 saturated carbocycles. The maximum absolute atomic E-state index is 13.4. The zero-order valence-corrected chi connectivity index (χ0v) is 34.4. The second-order valence-corrected chi connectivity index (χ2v) is 13.7. The third kappa shape index (κ3) is 17.5. The average Bonchev–Trinajstić information content (AvgIpc) is 3.10. The Kier molecular flexibility index (Phi) is 24.1. The first kappa shape index (κ1) is 51.6. The number of carbonyl (C=O) groups excluding carboxylic acids is 3. The number of carboxylic acid groups (broad SMARTS) is 1. The van der Waals surface area contributed by atoms with Crippen molar-refractivity contribution in [2.45, 2.75) is 115 Å². The number of methoxy groups -OCH3 is 2. The van der Waals surface area contributed by atoms with Crippen LogP contribution in [-0.4, -0.2) is 102 Å². The van der Waals surface area contributed by atoms with Crippen LogP contribution < -0.4 is 11.1 Å². The van der Waals surface area contributed by atoms with E-state index >= 15 is 0 Å². The van der Waals surface area contributed by atoms with Crippen molar-refractivity contribution < 1.29 is 51.3 Å². The first-order chi connectivity index (χ1) is 25.0. The van der Waals surface area contributed by atoms with E-state index in [9.17, 15) is 36.7 Å². The smallest absolute Gasteiger partial charge is 0.328 e. The molecule has 2 aromatic rings. The van der Waals surface area contributed by atoms with E-state index in [0.29, 0.717) is 35.3 Å². The molecule has 2 heterocycles. The van der Waals surface area contributed by atoms with Crippen molar-refractivity contribution in [1.29, 1.82) is 0 Å². The van der Waals surface area contributed by atoms with Gasteiger partial charge in [0.2, 0.25) is 5.91 Å². The summed E-state index contributed by atoms with van der Waals surface area (Å²) < 4.78 is 60.9. The van der Waals surface area contributed by atoms with Crippen molar-refractivity contribution in [3.05, 3.63) is 70.8 Å². The van der Waals surface area contributed by atoms with Crippen LogP contribution in [0.15, 0.2) is 36.4 Å². The number of nitrogens with one attached hydrogen (secondary N) is 1. The number of carboxylic acids is 1. The van der Waals surface area contributed by atoms with E-state index in [2.05, 4.69) is 47.5 Å². The molecule has 2 aliphatic heterocycles. The summed E-state index contributed by atoms with van der Waals surface area (Å²) in [5.41, 5.74) is 6.31. The van der Waals surface area contributed by atoms with E-state index in [0.717, 1.165) is 56.4 Å². The van der Waals surface area contributed by atoms with Crippen LogP contribution in [0.5, 0.6) is 0 Å². The maximum Gasteiger partial charge on any atom is 0.328 e. The number of piperidine rings is 2. The molecule has 0 radical (unpaired) electrons. The molecule has 4 rings (SSSR count). The third-order valence-corrected chi connectivity index (χ3v) is 9.58. The predicted molar refractivity (Wildman–Crippen MR) is 211 cm³/mol. The number of nitrogens with two attached hydrogens (primary N) is 1. The van der Waals surface area contributed by atoms with Crippen molar-refractivity contribution in [1.82, 2.24) is 15.1 Å². The minimum absolute atomic E-state index is 0. The summed E-state index contributed by atoms with van der Waals surface area (Å²) in [6.45, 7) is 8.77. The van der Waals surface area contributed by atoms with Crippen molar-refractivity contribution in [2.24, 2.45) is 5.73 Å². The second kappa shape index (κ2) is 25.7. The number of rotatable bonds is 11. The molecule has 0 aliphatic carbocycles. The predicted octanol–water partition coefficient (Wildman–Crippen LogP) is 5.00. The number of amides is 1. The molecule has 6 atom stereocenters. The Balaban J connectivity index is 0.000000856. The van der Waals surface area contributed by atoms with Crippen LogP contribution in [0.25, 0.3) is 0 Å². The summed E-state index contributed by atoms with van der Waals surface area (Å²) in [4.78, 5) is 50.1. The van der Waals surface area contributed by atoms with Gasteiger partial charge < -0.3 is 25.6 Å². The van der Waals surface area contributed by atoms with Crippen LogP contribution in [0.1, 0.15) is 77.3 Å². The molecule has 0 spiro atoms. The molecule has 1 amide bonds. The van der Waals surface area contributed by atoms with E-state index in [1.165, 1.54) is 32.8 Å². The first-order valence-electron chi connectivity index (χ1n) is 17.8. The van der Waals surface area contributed by atoms with Crippen LogP contribution in [0.3, 0.4) is 0 Å². The summed E-state index contributed by atoms with van der Waals surface area (Å²) >= 11 is 0. The second-order valence-electron chi connectivity index (χ2n) is 13.7. The molecule has 2 aromatic carbocycles. The molecule has 2 saturated heterocycles. The molecule has 11 nitrogen and oxygen atoms in total. The van der Waals surface area contributed by atoms with Crippen molar-refractivity contribution >= 4 is 50.8 Å². The van der Waals surface area contributed by atoms with Crippen LogP contribution in [0.4, 0.5) is 17.6 Å². The largest absolute Gasteiger partial charge is 0.480 e. The number of nitrogens with zero attached hydrogens (tertiary/aromatic N) is 2. The lowest BCUT2D eigenvalue weighted by atomic mass is 9.97. The van der Waals surface area contributed by atoms with Crippen LogP contribution >= 0.6 is 27.0 Å². The fourth-order valence-corrected chi connectivity index (χ4v) is 6.53. The lowest BCUT2D eigenvalue weighted by Crippen LogP contribution is -2.52.